The first-order chi connectivity index (χ1) is 7.97. The standard InChI is InChI=1S/C11H13F2NO3/c1-3-17-9(16)4-7-8(15)5-14-6(2)10(7)11(12)13/h5,11,15H,3-4H2,1-2H3. The van der Waals surface area contributed by atoms with E-state index in [9.17, 15) is 18.7 Å². The van der Waals surface area contributed by atoms with Crippen LogP contribution in [0.3, 0.4) is 0 Å². The molecule has 0 saturated heterocycles. The fourth-order valence-corrected chi connectivity index (χ4v) is 1.49. The second-order valence-corrected chi connectivity index (χ2v) is 3.40. The Morgan fingerprint density at radius 3 is 2.76 bits per heavy atom. The van der Waals surface area contributed by atoms with E-state index in [2.05, 4.69) is 9.72 Å². The van der Waals surface area contributed by atoms with Crippen molar-refractivity contribution >= 4 is 5.97 Å². The van der Waals surface area contributed by atoms with E-state index < -0.39 is 23.7 Å². The molecule has 0 saturated carbocycles. The number of carbonyl (C=O) groups is 1. The molecule has 1 rings (SSSR count). The predicted octanol–water partition coefficient (Wildman–Crippen LogP) is 2.14. The molecule has 0 bridgehead atoms. The Hall–Kier alpha value is -1.72. The van der Waals surface area contributed by atoms with Crippen molar-refractivity contribution in [3.05, 3.63) is 23.0 Å². The molecule has 0 unspecified atom stereocenters. The minimum absolute atomic E-state index is 0.0945. The zero-order chi connectivity index (χ0) is 13.0. The van der Waals surface area contributed by atoms with E-state index in [0.29, 0.717) is 0 Å². The van der Waals surface area contributed by atoms with Gasteiger partial charge < -0.3 is 9.84 Å². The van der Waals surface area contributed by atoms with E-state index in [1.54, 1.807) is 6.92 Å². The van der Waals surface area contributed by atoms with Gasteiger partial charge in [-0.05, 0) is 13.8 Å². The van der Waals surface area contributed by atoms with Gasteiger partial charge in [0, 0.05) is 16.8 Å². The van der Waals surface area contributed by atoms with Crippen molar-refractivity contribution in [2.45, 2.75) is 26.7 Å². The number of hydrogen-bond acceptors (Lipinski definition) is 4. The lowest BCUT2D eigenvalue weighted by atomic mass is 10.0. The molecule has 17 heavy (non-hydrogen) atoms. The summed E-state index contributed by atoms with van der Waals surface area (Å²) in [5, 5.41) is 9.48. The average molecular weight is 245 g/mol. The lowest BCUT2D eigenvalue weighted by Crippen LogP contribution is -2.11. The summed E-state index contributed by atoms with van der Waals surface area (Å²) in [6.45, 7) is 3.17. The molecule has 0 atom stereocenters. The zero-order valence-electron chi connectivity index (χ0n) is 9.54. The minimum atomic E-state index is -2.79. The summed E-state index contributed by atoms with van der Waals surface area (Å²) in [4.78, 5) is 14.9. The zero-order valence-corrected chi connectivity index (χ0v) is 9.54. The number of hydrogen-bond donors (Lipinski definition) is 1. The SMILES string of the molecule is CCOC(=O)Cc1c(O)cnc(C)c1C(F)F. The summed E-state index contributed by atoms with van der Waals surface area (Å²) < 4.78 is 30.3. The third-order valence-electron chi connectivity index (χ3n) is 2.25. The highest BCUT2D eigenvalue weighted by molar-refractivity contribution is 5.74. The van der Waals surface area contributed by atoms with Crippen molar-refractivity contribution in [1.29, 1.82) is 0 Å². The quantitative estimate of drug-likeness (QED) is 0.825. The van der Waals surface area contributed by atoms with Crippen molar-refractivity contribution < 1.29 is 23.4 Å². The molecule has 0 radical (unpaired) electrons. The third kappa shape index (κ3) is 3.12. The topological polar surface area (TPSA) is 59.4 Å². The molecule has 0 spiro atoms. The van der Waals surface area contributed by atoms with Crippen LogP contribution in [0.5, 0.6) is 5.75 Å². The molecule has 0 aliphatic carbocycles. The van der Waals surface area contributed by atoms with Gasteiger partial charge in [0.05, 0.1) is 19.2 Å². The highest BCUT2D eigenvalue weighted by Crippen LogP contribution is 2.31. The number of carbonyl (C=O) groups excluding carboxylic acids is 1. The lowest BCUT2D eigenvalue weighted by molar-refractivity contribution is -0.142. The predicted molar refractivity (Wildman–Crippen MR) is 55.9 cm³/mol. The lowest BCUT2D eigenvalue weighted by Gasteiger charge is -2.12. The van der Waals surface area contributed by atoms with Gasteiger partial charge in [0.15, 0.2) is 0 Å². The highest BCUT2D eigenvalue weighted by Gasteiger charge is 2.22. The van der Waals surface area contributed by atoms with Gasteiger partial charge in [0.25, 0.3) is 6.43 Å². The first-order valence-electron chi connectivity index (χ1n) is 5.08. The van der Waals surface area contributed by atoms with Gasteiger partial charge in [-0.2, -0.15) is 0 Å². The largest absolute Gasteiger partial charge is 0.506 e. The van der Waals surface area contributed by atoms with Gasteiger partial charge in [0.1, 0.15) is 5.75 Å². The average Bonchev–Trinajstić information content (AvgIpc) is 2.23. The Morgan fingerprint density at radius 2 is 2.24 bits per heavy atom. The van der Waals surface area contributed by atoms with Gasteiger partial charge in [-0.3, -0.25) is 9.78 Å². The fourth-order valence-electron chi connectivity index (χ4n) is 1.49. The van der Waals surface area contributed by atoms with Crippen LogP contribution in [0.4, 0.5) is 8.78 Å². The molecule has 0 aliphatic heterocycles. The molecule has 1 aromatic heterocycles. The van der Waals surface area contributed by atoms with Crippen LogP contribution >= 0.6 is 0 Å². The van der Waals surface area contributed by atoms with E-state index in [1.165, 1.54) is 6.92 Å². The van der Waals surface area contributed by atoms with Crippen LogP contribution in [-0.2, 0) is 16.0 Å². The maximum atomic E-state index is 12.8. The van der Waals surface area contributed by atoms with Crippen LogP contribution in [0.2, 0.25) is 0 Å². The fraction of sp³-hybridized carbons (Fsp3) is 0.455. The maximum absolute atomic E-state index is 12.8. The Labute approximate surface area is 97.2 Å². The second kappa shape index (κ2) is 5.56. The number of esters is 1. The number of ether oxygens (including phenoxy) is 1. The van der Waals surface area contributed by atoms with E-state index in [4.69, 9.17) is 0 Å². The smallest absolute Gasteiger partial charge is 0.310 e. The van der Waals surface area contributed by atoms with E-state index >= 15 is 0 Å². The summed E-state index contributed by atoms with van der Waals surface area (Å²) >= 11 is 0. The van der Waals surface area contributed by atoms with Crippen LogP contribution in [-0.4, -0.2) is 22.7 Å². The van der Waals surface area contributed by atoms with Gasteiger partial charge in [-0.25, -0.2) is 8.78 Å². The Balaban J connectivity index is 3.12. The normalized spacial score (nSPS) is 10.6. The minimum Gasteiger partial charge on any atom is -0.506 e. The summed E-state index contributed by atoms with van der Waals surface area (Å²) in [6, 6.07) is 0. The number of aromatic hydroxyl groups is 1. The Bertz CT molecular complexity index is 421. The van der Waals surface area contributed by atoms with Gasteiger partial charge in [-0.15, -0.1) is 0 Å². The molecule has 94 valence electrons. The Kier molecular flexibility index (Phi) is 4.37. The number of aromatic nitrogens is 1. The number of alkyl halides is 2. The molecule has 1 N–H and O–H groups in total. The Morgan fingerprint density at radius 1 is 1.59 bits per heavy atom. The molecule has 1 heterocycles. The van der Waals surface area contributed by atoms with E-state index in [1.807, 2.05) is 0 Å². The molecular weight excluding hydrogens is 232 g/mol. The molecule has 0 amide bonds. The first-order valence-corrected chi connectivity index (χ1v) is 5.08. The monoisotopic (exact) mass is 245 g/mol. The third-order valence-corrected chi connectivity index (χ3v) is 2.25. The molecule has 0 aromatic carbocycles. The van der Waals surface area contributed by atoms with E-state index in [-0.39, 0.29) is 24.3 Å². The van der Waals surface area contributed by atoms with Gasteiger partial charge in [0.2, 0.25) is 0 Å². The molecule has 1 aromatic rings. The van der Waals surface area contributed by atoms with Crippen LogP contribution in [0, 0.1) is 6.92 Å². The van der Waals surface area contributed by atoms with Gasteiger partial charge in [-0.1, -0.05) is 0 Å². The first kappa shape index (κ1) is 13.3. The van der Waals surface area contributed by atoms with Crippen molar-refractivity contribution in [1.82, 2.24) is 4.98 Å². The van der Waals surface area contributed by atoms with Crippen molar-refractivity contribution in [3.63, 3.8) is 0 Å². The molecule has 4 nitrogen and oxygen atoms in total. The highest BCUT2D eigenvalue weighted by atomic mass is 19.3. The van der Waals surface area contributed by atoms with Crippen molar-refractivity contribution in [2.75, 3.05) is 6.61 Å². The number of pyridine rings is 1. The summed E-state index contributed by atoms with van der Waals surface area (Å²) in [7, 11) is 0. The van der Waals surface area contributed by atoms with Crippen LogP contribution < -0.4 is 0 Å². The molecule has 0 aliphatic rings. The number of nitrogens with zero attached hydrogens (tertiary/aromatic N) is 1. The van der Waals surface area contributed by atoms with Crippen LogP contribution in [0.1, 0.15) is 30.2 Å². The molecule has 0 fully saturated rings. The summed E-state index contributed by atoms with van der Waals surface area (Å²) in [6.07, 6.45) is -2.13. The van der Waals surface area contributed by atoms with Crippen molar-refractivity contribution in [2.24, 2.45) is 0 Å². The molecular formula is C11H13F2NO3. The number of aryl methyl sites for hydroxylation is 1. The van der Waals surface area contributed by atoms with E-state index in [0.717, 1.165) is 6.20 Å². The van der Waals surface area contributed by atoms with Gasteiger partial charge >= 0.3 is 5.97 Å². The van der Waals surface area contributed by atoms with Crippen molar-refractivity contribution in [3.8, 4) is 5.75 Å². The number of halogens is 2. The maximum Gasteiger partial charge on any atom is 0.310 e. The summed E-state index contributed by atoms with van der Waals surface area (Å²) in [5.41, 5.74) is -0.430. The second-order valence-electron chi connectivity index (χ2n) is 3.40. The van der Waals surface area contributed by atoms with Crippen LogP contribution in [0.15, 0.2) is 6.20 Å². The molecule has 6 heteroatoms. The summed E-state index contributed by atoms with van der Waals surface area (Å²) in [5.74, 6) is -1.07. The van der Waals surface area contributed by atoms with Crippen LogP contribution in [0.25, 0.3) is 0 Å². The number of rotatable bonds is 4.